The van der Waals surface area contributed by atoms with E-state index in [1.165, 1.54) is 11.8 Å². The Morgan fingerprint density at radius 1 is 1.55 bits per heavy atom. The molecular weight excluding hydrogens is 186 g/mol. The normalized spacial score (nSPS) is 9.27. The number of hydrogen-bond acceptors (Lipinski definition) is 5. The molecule has 2 N–H and O–H groups in total. The number of rotatable bonds is 3. The Bertz CT molecular complexity index is 205. The van der Waals surface area contributed by atoms with E-state index >= 15 is 0 Å². The Kier molecular flexibility index (Phi) is 5.27. The van der Waals surface area contributed by atoms with Crippen molar-refractivity contribution in [2.24, 2.45) is 5.73 Å². The molecule has 1 aromatic rings. The molecule has 0 spiro atoms. The molecule has 6 heteroatoms. The van der Waals surface area contributed by atoms with Gasteiger partial charge in [0.25, 0.3) is 5.22 Å². The van der Waals surface area contributed by atoms with Crippen molar-refractivity contribution in [1.29, 1.82) is 0 Å². The maximum absolute atomic E-state index is 5.28. The Labute approximate surface area is 75.3 Å². The van der Waals surface area contributed by atoms with E-state index in [0.717, 1.165) is 0 Å². The number of aromatic nitrogens is 2. The highest BCUT2D eigenvalue weighted by molar-refractivity contribution is 7.98. The van der Waals surface area contributed by atoms with E-state index in [1.54, 1.807) is 0 Å². The van der Waals surface area contributed by atoms with Crippen LogP contribution in [0.2, 0.25) is 0 Å². The van der Waals surface area contributed by atoms with Gasteiger partial charge in [0, 0.05) is 13.0 Å². The molecule has 0 amide bonds. The molecule has 0 aromatic carbocycles. The highest BCUT2D eigenvalue weighted by atomic mass is 35.5. The van der Waals surface area contributed by atoms with E-state index in [2.05, 4.69) is 10.2 Å². The van der Waals surface area contributed by atoms with Crippen LogP contribution in [0.1, 0.15) is 5.89 Å². The molecule has 0 saturated heterocycles. The molecule has 0 saturated carbocycles. The summed E-state index contributed by atoms with van der Waals surface area (Å²) in [5.74, 6) is 0.617. The van der Waals surface area contributed by atoms with Gasteiger partial charge in [0.1, 0.15) is 0 Å². The van der Waals surface area contributed by atoms with E-state index in [-0.39, 0.29) is 12.4 Å². The number of nitrogens with two attached hydrogens (primary N) is 1. The minimum atomic E-state index is 0. The third-order valence-corrected chi connectivity index (χ3v) is 1.50. The van der Waals surface area contributed by atoms with Gasteiger partial charge < -0.3 is 10.2 Å². The van der Waals surface area contributed by atoms with Crippen LogP contribution in [0.3, 0.4) is 0 Å². The van der Waals surface area contributed by atoms with Crippen LogP contribution < -0.4 is 5.73 Å². The summed E-state index contributed by atoms with van der Waals surface area (Å²) in [6, 6.07) is 0. The molecule has 0 radical (unpaired) electrons. The fraction of sp³-hybridized carbons (Fsp3) is 0.600. The number of halogens is 1. The summed E-state index contributed by atoms with van der Waals surface area (Å²) in [6.07, 6.45) is 2.55. The van der Waals surface area contributed by atoms with Crippen LogP contribution in [0.25, 0.3) is 0 Å². The van der Waals surface area contributed by atoms with Gasteiger partial charge in [-0.3, -0.25) is 0 Å². The first-order valence-electron chi connectivity index (χ1n) is 2.93. The number of thioether (sulfide) groups is 1. The van der Waals surface area contributed by atoms with E-state index < -0.39 is 0 Å². The average Bonchev–Trinajstić information content (AvgIpc) is 2.37. The molecule has 0 fully saturated rings. The van der Waals surface area contributed by atoms with Gasteiger partial charge in [-0.2, -0.15) is 0 Å². The van der Waals surface area contributed by atoms with E-state index in [1.807, 2.05) is 6.26 Å². The quantitative estimate of drug-likeness (QED) is 0.720. The minimum Gasteiger partial charge on any atom is -0.416 e. The lowest BCUT2D eigenvalue weighted by Gasteiger charge is -1.85. The maximum Gasteiger partial charge on any atom is 0.276 e. The molecule has 0 aliphatic rings. The smallest absolute Gasteiger partial charge is 0.276 e. The Morgan fingerprint density at radius 3 is 2.73 bits per heavy atom. The molecule has 64 valence electrons. The zero-order valence-corrected chi connectivity index (χ0v) is 7.74. The fourth-order valence-electron chi connectivity index (χ4n) is 0.545. The highest BCUT2D eigenvalue weighted by Gasteiger charge is 2.01. The minimum absolute atomic E-state index is 0. The second-order valence-electron chi connectivity index (χ2n) is 1.70. The molecule has 0 aliphatic heterocycles. The first kappa shape index (κ1) is 10.7. The van der Waals surface area contributed by atoms with Gasteiger partial charge in [0.2, 0.25) is 5.89 Å². The lowest BCUT2D eigenvalue weighted by Crippen LogP contribution is -2.02. The summed E-state index contributed by atoms with van der Waals surface area (Å²) in [7, 11) is 0. The van der Waals surface area contributed by atoms with Crippen LogP contribution in [0.15, 0.2) is 9.64 Å². The molecule has 0 unspecified atom stereocenters. The van der Waals surface area contributed by atoms with E-state index in [4.69, 9.17) is 10.2 Å². The van der Waals surface area contributed by atoms with E-state index in [9.17, 15) is 0 Å². The molecule has 11 heavy (non-hydrogen) atoms. The predicted octanol–water partition coefficient (Wildman–Crippen LogP) is 0.714. The molecule has 1 rings (SSSR count). The Morgan fingerprint density at radius 2 is 2.27 bits per heavy atom. The fourth-order valence-corrected chi connectivity index (χ4v) is 0.847. The van der Waals surface area contributed by atoms with Crippen molar-refractivity contribution in [1.82, 2.24) is 10.2 Å². The molecule has 1 aromatic heterocycles. The van der Waals surface area contributed by atoms with Crippen LogP contribution >= 0.6 is 24.2 Å². The van der Waals surface area contributed by atoms with Crippen LogP contribution in [0.4, 0.5) is 0 Å². The molecular formula is C5H10ClN3OS. The predicted molar refractivity (Wildman–Crippen MR) is 46.1 cm³/mol. The van der Waals surface area contributed by atoms with Gasteiger partial charge in [-0.15, -0.1) is 22.6 Å². The lowest BCUT2D eigenvalue weighted by atomic mass is 10.4. The first-order valence-corrected chi connectivity index (χ1v) is 4.15. The van der Waals surface area contributed by atoms with Crippen molar-refractivity contribution in [3.63, 3.8) is 0 Å². The summed E-state index contributed by atoms with van der Waals surface area (Å²) >= 11 is 1.43. The first-order chi connectivity index (χ1) is 4.86. The van der Waals surface area contributed by atoms with Crippen molar-refractivity contribution in [2.75, 3.05) is 12.8 Å². The molecule has 1 heterocycles. The van der Waals surface area contributed by atoms with Gasteiger partial charge in [-0.1, -0.05) is 11.8 Å². The van der Waals surface area contributed by atoms with Crippen molar-refractivity contribution in [2.45, 2.75) is 11.6 Å². The molecule has 0 atom stereocenters. The van der Waals surface area contributed by atoms with Crippen LogP contribution in [0.5, 0.6) is 0 Å². The SMILES string of the molecule is CSc1nnc(CCN)o1.Cl. The zero-order chi connectivity index (χ0) is 7.40. The van der Waals surface area contributed by atoms with Crippen LogP contribution in [-0.4, -0.2) is 23.0 Å². The highest BCUT2D eigenvalue weighted by Crippen LogP contribution is 2.11. The third kappa shape index (κ3) is 3.09. The van der Waals surface area contributed by atoms with Gasteiger partial charge in [-0.05, 0) is 6.26 Å². The monoisotopic (exact) mass is 195 g/mol. The second kappa shape index (κ2) is 5.40. The van der Waals surface area contributed by atoms with E-state index in [0.29, 0.717) is 24.1 Å². The Balaban J connectivity index is 0.000001000. The third-order valence-electron chi connectivity index (χ3n) is 0.981. The second-order valence-corrected chi connectivity index (χ2v) is 2.46. The largest absolute Gasteiger partial charge is 0.416 e. The van der Waals surface area contributed by atoms with Crippen molar-refractivity contribution >= 4 is 24.2 Å². The van der Waals surface area contributed by atoms with Crippen molar-refractivity contribution < 1.29 is 4.42 Å². The summed E-state index contributed by atoms with van der Waals surface area (Å²) in [5.41, 5.74) is 5.28. The van der Waals surface area contributed by atoms with Crippen LogP contribution in [0, 0.1) is 0 Å². The number of nitrogens with zero attached hydrogens (tertiary/aromatic N) is 2. The summed E-state index contributed by atoms with van der Waals surface area (Å²) in [6.45, 7) is 0.552. The van der Waals surface area contributed by atoms with Crippen molar-refractivity contribution in [3.05, 3.63) is 5.89 Å². The van der Waals surface area contributed by atoms with Crippen LogP contribution in [-0.2, 0) is 6.42 Å². The topological polar surface area (TPSA) is 64.9 Å². The summed E-state index contributed by atoms with van der Waals surface area (Å²) < 4.78 is 5.13. The summed E-state index contributed by atoms with van der Waals surface area (Å²) in [5, 5.41) is 8.10. The molecule has 0 aliphatic carbocycles. The summed E-state index contributed by atoms with van der Waals surface area (Å²) in [4.78, 5) is 0. The molecule has 4 nitrogen and oxygen atoms in total. The average molecular weight is 196 g/mol. The van der Waals surface area contributed by atoms with Gasteiger partial charge in [0.05, 0.1) is 0 Å². The molecule has 0 bridgehead atoms. The number of hydrogen-bond donors (Lipinski definition) is 1. The zero-order valence-electron chi connectivity index (χ0n) is 6.11. The van der Waals surface area contributed by atoms with Gasteiger partial charge >= 0.3 is 0 Å². The van der Waals surface area contributed by atoms with Gasteiger partial charge in [0.15, 0.2) is 0 Å². The lowest BCUT2D eigenvalue weighted by molar-refractivity contribution is 0.415. The van der Waals surface area contributed by atoms with Crippen molar-refractivity contribution in [3.8, 4) is 0 Å². The maximum atomic E-state index is 5.28. The Hall–Kier alpha value is -0.260. The van der Waals surface area contributed by atoms with Gasteiger partial charge in [-0.25, -0.2) is 0 Å². The standard InChI is InChI=1S/C5H9N3OS.ClH/c1-10-5-8-7-4(9-5)2-3-6;/h2-3,6H2,1H3;1H.